The molecule has 3 aromatic rings. The van der Waals surface area contributed by atoms with Gasteiger partial charge < -0.3 is 15.6 Å². The van der Waals surface area contributed by atoms with E-state index in [1.807, 2.05) is 18.3 Å². The van der Waals surface area contributed by atoms with E-state index in [2.05, 4.69) is 33.8 Å². The van der Waals surface area contributed by atoms with E-state index in [0.29, 0.717) is 24.2 Å². The van der Waals surface area contributed by atoms with Crippen LogP contribution < -0.4 is 10.6 Å². The second-order valence-corrected chi connectivity index (χ2v) is 5.82. The SMILES string of the molecule is N#Cc1ccccc1NC(=O)CCNCCc1c[nH]c2ccccc12. The number of nitrogens with one attached hydrogen (secondary N) is 3. The fraction of sp³-hybridized carbons (Fsp3) is 0.200. The lowest BCUT2D eigenvalue weighted by molar-refractivity contribution is -0.116. The van der Waals surface area contributed by atoms with E-state index < -0.39 is 0 Å². The van der Waals surface area contributed by atoms with Crippen LogP contribution in [0.1, 0.15) is 17.5 Å². The topological polar surface area (TPSA) is 80.7 Å². The number of anilines is 1. The van der Waals surface area contributed by atoms with Crippen LogP contribution in [0.2, 0.25) is 0 Å². The molecule has 0 aliphatic rings. The number of H-pyrrole nitrogens is 1. The minimum absolute atomic E-state index is 0.0951. The lowest BCUT2D eigenvalue weighted by Gasteiger charge is -2.07. The summed E-state index contributed by atoms with van der Waals surface area (Å²) in [4.78, 5) is 15.2. The summed E-state index contributed by atoms with van der Waals surface area (Å²) in [5.74, 6) is -0.0951. The number of hydrogen-bond donors (Lipinski definition) is 3. The lowest BCUT2D eigenvalue weighted by Crippen LogP contribution is -2.23. The molecule has 0 bridgehead atoms. The first-order valence-corrected chi connectivity index (χ1v) is 8.32. The molecule has 3 N–H and O–H groups in total. The van der Waals surface area contributed by atoms with Gasteiger partial charge in [-0.15, -0.1) is 0 Å². The van der Waals surface area contributed by atoms with Gasteiger partial charge in [0.15, 0.2) is 0 Å². The van der Waals surface area contributed by atoms with Gasteiger partial charge in [0.25, 0.3) is 0 Å². The van der Waals surface area contributed by atoms with Gasteiger partial charge in [0, 0.05) is 30.1 Å². The summed E-state index contributed by atoms with van der Waals surface area (Å²) >= 11 is 0. The number of fused-ring (bicyclic) bond motifs is 1. The third kappa shape index (κ3) is 4.25. The molecule has 25 heavy (non-hydrogen) atoms. The second kappa shape index (κ2) is 8.13. The van der Waals surface area contributed by atoms with E-state index in [-0.39, 0.29) is 5.91 Å². The molecule has 0 fully saturated rings. The molecule has 0 radical (unpaired) electrons. The van der Waals surface area contributed by atoms with Crippen LogP contribution in [-0.2, 0) is 11.2 Å². The maximum absolute atomic E-state index is 12.0. The van der Waals surface area contributed by atoms with Gasteiger partial charge in [0.1, 0.15) is 6.07 Å². The van der Waals surface area contributed by atoms with E-state index in [4.69, 9.17) is 5.26 Å². The number of hydrogen-bond acceptors (Lipinski definition) is 3. The van der Waals surface area contributed by atoms with Crippen molar-refractivity contribution < 1.29 is 4.79 Å². The van der Waals surface area contributed by atoms with Gasteiger partial charge in [-0.3, -0.25) is 4.79 Å². The molecule has 5 nitrogen and oxygen atoms in total. The third-order valence-corrected chi connectivity index (χ3v) is 4.10. The van der Waals surface area contributed by atoms with Gasteiger partial charge in [-0.05, 0) is 36.7 Å². The van der Waals surface area contributed by atoms with E-state index in [9.17, 15) is 4.79 Å². The maximum Gasteiger partial charge on any atom is 0.225 e. The zero-order valence-electron chi connectivity index (χ0n) is 13.9. The molecule has 2 aromatic carbocycles. The predicted molar refractivity (Wildman–Crippen MR) is 99.3 cm³/mol. The highest BCUT2D eigenvalue weighted by atomic mass is 16.1. The minimum Gasteiger partial charge on any atom is -0.361 e. The molecule has 0 saturated carbocycles. The van der Waals surface area contributed by atoms with E-state index in [1.165, 1.54) is 10.9 Å². The molecule has 126 valence electrons. The first-order chi connectivity index (χ1) is 12.3. The minimum atomic E-state index is -0.0951. The summed E-state index contributed by atoms with van der Waals surface area (Å²) in [5, 5.41) is 16.3. The summed E-state index contributed by atoms with van der Waals surface area (Å²) in [6.07, 6.45) is 3.31. The molecule has 0 aliphatic heterocycles. The van der Waals surface area contributed by atoms with Crippen LogP contribution in [0.4, 0.5) is 5.69 Å². The third-order valence-electron chi connectivity index (χ3n) is 4.10. The van der Waals surface area contributed by atoms with Crippen molar-refractivity contribution in [3.8, 4) is 6.07 Å². The Bertz CT molecular complexity index is 907. The molecule has 5 heteroatoms. The van der Waals surface area contributed by atoms with Crippen molar-refractivity contribution in [1.82, 2.24) is 10.3 Å². The Morgan fingerprint density at radius 2 is 1.88 bits per heavy atom. The lowest BCUT2D eigenvalue weighted by atomic mass is 10.1. The number of aromatic amines is 1. The highest BCUT2D eigenvalue weighted by molar-refractivity contribution is 5.92. The zero-order chi connectivity index (χ0) is 17.5. The number of nitriles is 1. The average molecular weight is 332 g/mol. The normalized spacial score (nSPS) is 10.5. The molecular formula is C20H20N4O. The summed E-state index contributed by atoms with van der Waals surface area (Å²) in [6, 6.07) is 17.3. The number of aromatic nitrogens is 1. The van der Waals surface area contributed by atoms with Crippen LogP contribution in [0, 0.1) is 11.3 Å². The fourth-order valence-electron chi connectivity index (χ4n) is 2.79. The number of nitrogens with zero attached hydrogens (tertiary/aromatic N) is 1. The molecule has 1 amide bonds. The predicted octanol–water partition coefficient (Wildman–Crippen LogP) is 3.20. The molecule has 0 unspecified atom stereocenters. The number of carbonyl (C=O) groups excluding carboxylic acids is 1. The van der Waals surface area contributed by atoms with Gasteiger partial charge in [-0.25, -0.2) is 0 Å². The first kappa shape index (κ1) is 16.7. The average Bonchev–Trinajstić information content (AvgIpc) is 3.05. The number of para-hydroxylation sites is 2. The van der Waals surface area contributed by atoms with Crippen molar-refractivity contribution in [2.24, 2.45) is 0 Å². The van der Waals surface area contributed by atoms with Crippen LogP contribution in [0.25, 0.3) is 10.9 Å². The monoisotopic (exact) mass is 332 g/mol. The maximum atomic E-state index is 12.0. The van der Waals surface area contributed by atoms with Crippen molar-refractivity contribution in [2.45, 2.75) is 12.8 Å². The Labute approximate surface area is 146 Å². The van der Waals surface area contributed by atoms with Crippen LogP contribution in [0.5, 0.6) is 0 Å². The Kier molecular flexibility index (Phi) is 5.45. The van der Waals surface area contributed by atoms with Crippen molar-refractivity contribution in [2.75, 3.05) is 18.4 Å². The quantitative estimate of drug-likeness (QED) is 0.581. The van der Waals surface area contributed by atoms with E-state index in [0.717, 1.165) is 18.5 Å². The molecule has 0 spiro atoms. The van der Waals surface area contributed by atoms with Crippen molar-refractivity contribution >= 4 is 22.5 Å². The van der Waals surface area contributed by atoms with Crippen molar-refractivity contribution in [3.05, 3.63) is 65.9 Å². The summed E-state index contributed by atoms with van der Waals surface area (Å²) in [6.45, 7) is 1.41. The highest BCUT2D eigenvalue weighted by Crippen LogP contribution is 2.17. The van der Waals surface area contributed by atoms with Crippen LogP contribution in [0.15, 0.2) is 54.7 Å². The Morgan fingerprint density at radius 3 is 2.76 bits per heavy atom. The molecule has 0 saturated heterocycles. The summed E-state index contributed by atoms with van der Waals surface area (Å²) in [7, 11) is 0. The Morgan fingerprint density at radius 1 is 1.08 bits per heavy atom. The van der Waals surface area contributed by atoms with E-state index in [1.54, 1.807) is 24.3 Å². The number of amides is 1. The number of carbonyl (C=O) groups is 1. The van der Waals surface area contributed by atoms with Crippen molar-refractivity contribution in [1.29, 1.82) is 5.26 Å². The van der Waals surface area contributed by atoms with Crippen LogP contribution in [0.3, 0.4) is 0 Å². The Balaban J connectivity index is 1.41. The van der Waals surface area contributed by atoms with Crippen LogP contribution >= 0.6 is 0 Å². The van der Waals surface area contributed by atoms with Gasteiger partial charge in [-0.2, -0.15) is 5.26 Å². The number of benzene rings is 2. The van der Waals surface area contributed by atoms with Crippen LogP contribution in [-0.4, -0.2) is 24.0 Å². The largest absolute Gasteiger partial charge is 0.361 e. The fourth-order valence-corrected chi connectivity index (χ4v) is 2.79. The summed E-state index contributed by atoms with van der Waals surface area (Å²) in [5.41, 5.74) is 3.46. The standard InChI is InChI=1S/C20H20N4O/c21-13-15-5-1-3-7-18(15)24-20(25)10-12-22-11-9-16-14-23-19-8-4-2-6-17(16)19/h1-8,14,22-23H,9-12H2,(H,24,25). The van der Waals surface area contributed by atoms with Gasteiger partial charge in [0.2, 0.25) is 5.91 Å². The molecule has 1 heterocycles. The van der Waals surface area contributed by atoms with Gasteiger partial charge in [0.05, 0.1) is 11.3 Å². The van der Waals surface area contributed by atoms with Crippen molar-refractivity contribution in [3.63, 3.8) is 0 Å². The molecule has 0 aliphatic carbocycles. The number of rotatable bonds is 7. The molecule has 1 aromatic heterocycles. The van der Waals surface area contributed by atoms with Gasteiger partial charge in [-0.1, -0.05) is 30.3 Å². The molecule has 0 atom stereocenters. The summed E-state index contributed by atoms with van der Waals surface area (Å²) < 4.78 is 0. The first-order valence-electron chi connectivity index (χ1n) is 8.32. The molecular weight excluding hydrogens is 312 g/mol. The highest BCUT2D eigenvalue weighted by Gasteiger charge is 2.06. The second-order valence-electron chi connectivity index (χ2n) is 5.82. The van der Waals surface area contributed by atoms with Gasteiger partial charge >= 0.3 is 0 Å². The smallest absolute Gasteiger partial charge is 0.225 e. The molecule has 3 rings (SSSR count). The van der Waals surface area contributed by atoms with E-state index >= 15 is 0 Å². The Hall–Kier alpha value is -3.10. The zero-order valence-corrected chi connectivity index (χ0v) is 13.9.